The average molecular weight is 226 g/mol. The van der Waals surface area contributed by atoms with Gasteiger partial charge in [-0.05, 0) is 19.1 Å². The van der Waals surface area contributed by atoms with Gasteiger partial charge < -0.3 is 9.13 Å². The summed E-state index contributed by atoms with van der Waals surface area (Å²) in [6, 6.07) is 8.17. The molecule has 17 heavy (non-hydrogen) atoms. The summed E-state index contributed by atoms with van der Waals surface area (Å²) in [7, 11) is 0. The summed E-state index contributed by atoms with van der Waals surface area (Å²) in [5, 5.41) is 0. The van der Waals surface area contributed by atoms with E-state index >= 15 is 0 Å². The number of hydrogen-bond donors (Lipinski definition) is 0. The maximum Gasteiger partial charge on any atom is 0.0962 e. The number of fused-ring (bicyclic) bond motifs is 1. The minimum atomic E-state index is 0.814. The molecule has 0 aliphatic rings. The summed E-state index contributed by atoms with van der Waals surface area (Å²) >= 11 is 0. The molecule has 0 unspecified atom stereocenters. The van der Waals surface area contributed by atoms with Crippen molar-refractivity contribution in [3.63, 3.8) is 0 Å². The molecule has 4 nitrogen and oxygen atoms in total. The summed E-state index contributed by atoms with van der Waals surface area (Å²) in [5.41, 5.74) is 3.40. The van der Waals surface area contributed by atoms with Crippen LogP contribution in [0.5, 0.6) is 0 Å². The molecule has 2 heterocycles. The minimum Gasteiger partial charge on any atom is -0.333 e. The molecular weight excluding hydrogens is 212 g/mol. The normalized spacial score (nSPS) is 11.1. The molecule has 2 aromatic heterocycles. The minimum absolute atomic E-state index is 0.814. The molecular formula is C13H14N4. The second-order valence-electron chi connectivity index (χ2n) is 4.03. The van der Waals surface area contributed by atoms with Crippen molar-refractivity contribution in [3.05, 3.63) is 48.8 Å². The van der Waals surface area contributed by atoms with Crippen LogP contribution in [0.4, 0.5) is 0 Å². The van der Waals surface area contributed by atoms with Crippen LogP contribution in [-0.4, -0.2) is 19.1 Å². The molecule has 0 saturated carbocycles. The van der Waals surface area contributed by atoms with Crippen LogP contribution in [0.15, 0.2) is 43.1 Å². The number of para-hydroxylation sites is 2. The first-order chi connectivity index (χ1) is 8.38. The summed E-state index contributed by atoms with van der Waals surface area (Å²) in [4.78, 5) is 8.57. The Hall–Kier alpha value is -2.10. The molecule has 0 bridgehead atoms. The summed E-state index contributed by atoms with van der Waals surface area (Å²) < 4.78 is 4.30. The Morgan fingerprint density at radius 1 is 1.12 bits per heavy atom. The standard InChI is InChI=1S/C13H14N4/c1-2-16-9-14-7-11(16)8-17-10-15-12-5-3-4-6-13(12)17/h3-7,9-10H,2,8H2,1H3. The zero-order valence-corrected chi connectivity index (χ0v) is 9.74. The third kappa shape index (κ3) is 1.71. The molecule has 0 radical (unpaired) electrons. The fraction of sp³-hybridized carbons (Fsp3) is 0.231. The van der Waals surface area contributed by atoms with Crippen molar-refractivity contribution in [2.24, 2.45) is 0 Å². The Bertz CT molecular complexity index is 635. The molecule has 0 saturated heterocycles. The summed E-state index contributed by atoms with van der Waals surface area (Å²) in [5.74, 6) is 0. The third-order valence-corrected chi connectivity index (χ3v) is 3.00. The van der Waals surface area contributed by atoms with Crippen LogP contribution in [0, 0.1) is 0 Å². The van der Waals surface area contributed by atoms with E-state index in [9.17, 15) is 0 Å². The smallest absolute Gasteiger partial charge is 0.0962 e. The van der Waals surface area contributed by atoms with Gasteiger partial charge in [0.05, 0.1) is 35.9 Å². The number of imidazole rings is 2. The number of rotatable bonds is 3. The highest BCUT2D eigenvalue weighted by molar-refractivity contribution is 5.74. The van der Waals surface area contributed by atoms with E-state index in [-0.39, 0.29) is 0 Å². The lowest BCUT2D eigenvalue weighted by molar-refractivity contribution is 0.676. The summed E-state index contributed by atoms with van der Waals surface area (Å²) in [6.45, 7) is 3.88. The highest BCUT2D eigenvalue weighted by atomic mass is 15.1. The number of nitrogens with zero attached hydrogens (tertiary/aromatic N) is 4. The number of aromatic nitrogens is 4. The van der Waals surface area contributed by atoms with Crippen molar-refractivity contribution in [1.82, 2.24) is 19.1 Å². The number of benzene rings is 1. The summed E-state index contributed by atoms with van der Waals surface area (Å²) in [6.07, 6.45) is 5.67. The van der Waals surface area contributed by atoms with E-state index < -0.39 is 0 Å². The first-order valence-corrected chi connectivity index (χ1v) is 5.77. The predicted octanol–water partition coefficient (Wildman–Crippen LogP) is 2.30. The maximum atomic E-state index is 4.39. The van der Waals surface area contributed by atoms with E-state index in [1.807, 2.05) is 37.1 Å². The van der Waals surface area contributed by atoms with Crippen molar-refractivity contribution in [1.29, 1.82) is 0 Å². The molecule has 0 atom stereocenters. The van der Waals surface area contributed by atoms with Crippen molar-refractivity contribution in [2.75, 3.05) is 0 Å². The van der Waals surface area contributed by atoms with Gasteiger partial charge in [0.2, 0.25) is 0 Å². The lowest BCUT2D eigenvalue weighted by atomic mass is 10.3. The molecule has 3 rings (SSSR count). The van der Waals surface area contributed by atoms with E-state index in [2.05, 4.69) is 32.1 Å². The van der Waals surface area contributed by atoms with Crippen LogP contribution < -0.4 is 0 Å². The Kier molecular flexibility index (Phi) is 2.40. The van der Waals surface area contributed by atoms with E-state index in [0.717, 1.165) is 24.1 Å². The van der Waals surface area contributed by atoms with Gasteiger partial charge in [-0.25, -0.2) is 9.97 Å². The third-order valence-electron chi connectivity index (χ3n) is 3.00. The topological polar surface area (TPSA) is 35.6 Å². The van der Waals surface area contributed by atoms with Crippen LogP contribution >= 0.6 is 0 Å². The molecule has 0 N–H and O–H groups in total. The average Bonchev–Trinajstić information content (AvgIpc) is 2.97. The first kappa shape index (κ1) is 10.1. The van der Waals surface area contributed by atoms with Crippen LogP contribution in [0.25, 0.3) is 11.0 Å². The van der Waals surface area contributed by atoms with Gasteiger partial charge >= 0.3 is 0 Å². The number of aryl methyl sites for hydroxylation is 1. The lowest BCUT2D eigenvalue weighted by Crippen LogP contribution is -2.04. The zero-order chi connectivity index (χ0) is 11.7. The molecule has 4 heteroatoms. The van der Waals surface area contributed by atoms with Gasteiger partial charge in [-0.3, -0.25) is 0 Å². The molecule has 0 aliphatic carbocycles. The Morgan fingerprint density at radius 3 is 2.88 bits per heavy atom. The van der Waals surface area contributed by atoms with Gasteiger partial charge in [0.25, 0.3) is 0 Å². The number of hydrogen-bond acceptors (Lipinski definition) is 2. The predicted molar refractivity (Wildman–Crippen MR) is 66.7 cm³/mol. The van der Waals surface area contributed by atoms with E-state index in [1.54, 1.807) is 0 Å². The second kappa shape index (κ2) is 4.05. The van der Waals surface area contributed by atoms with Crippen LogP contribution in [0.2, 0.25) is 0 Å². The fourth-order valence-electron chi connectivity index (χ4n) is 2.08. The highest BCUT2D eigenvalue weighted by Gasteiger charge is 2.05. The van der Waals surface area contributed by atoms with E-state index in [0.29, 0.717) is 0 Å². The van der Waals surface area contributed by atoms with Gasteiger partial charge in [-0.1, -0.05) is 12.1 Å². The monoisotopic (exact) mass is 226 g/mol. The largest absolute Gasteiger partial charge is 0.333 e. The van der Waals surface area contributed by atoms with Crippen LogP contribution in [0.3, 0.4) is 0 Å². The van der Waals surface area contributed by atoms with Crippen molar-refractivity contribution >= 4 is 11.0 Å². The molecule has 0 fully saturated rings. The van der Waals surface area contributed by atoms with Crippen molar-refractivity contribution in [2.45, 2.75) is 20.0 Å². The molecule has 0 amide bonds. The van der Waals surface area contributed by atoms with Crippen LogP contribution in [-0.2, 0) is 13.1 Å². The van der Waals surface area contributed by atoms with E-state index in [4.69, 9.17) is 0 Å². The van der Waals surface area contributed by atoms with Gasteiger partial charge in [0, 0.05) is 12.7 Å². The second-order valence-corrected chi connectivity index (χ2v) is 4.03. The molecule has 0 spiro atoms. The van der Waals surface area contributed by atoms with E-state index in [1.165, 1.54) is 5.69 Å². The first-order valence-electron chi connectivity index (χ1n) is 5.77. The maximum absolute atomic E-state index is 4.39. The van der Waals surface area contributed by atoms with Crippen molar-refractivity contribution < 1.29 is 0 Å². The van der Waals surface area contributed by atoms with Crippen molar-refractivity contribution in [3.8, 4) is 0 Å². The molecule has 0 aliphatic heterocycles. The molecule has 86 valence electrons. The Morgan fingerprint density at radius 2 is 2.00 bits per heavy atom. The Labute approximate surface area is 99.5 Å². The fourth-order valence-corrected chi connectivity index (χ4v) is 2.08. The highest BCUT2D eigenvalue weighted by Crippen LogP contribution is 2.13. The zero-order valence-electron chi connectivity index (χ0n) is 9.74. The van der Waals surface area contributed by atoms with Gasteiger partial charge in [-0.15, -0.1) is 0 Å². The van der Waals surface area contributed by atoms with Crippen LogP contribution in [0.1, 0.15) is 12.6 Å². The van der Waals surface area contributed by atoms with Gasteiger partial charge in [0.1, 0.15) is 0 Å². The van der Waals surface area contributed by atoms with Gasteiger partial charge in [0.15, 0.2) is 0 Å². The molecule has 3 aromatic rings. The lowest BCUT2D eigenvalue weighted by Gasteiger charge is -2.06. The SMILES string of the molecule is CCn1cncc1Cn1cnc2ccccc21. The quantitative estimate of drug-likeness (QED) is 0.687. The Balaban J connectivity index is 2.00. The van der Waals surface area contributed by atoms with Gasteiger partial charge in [-0.2, -0.15) is 0 Å². The molecule has 1 aromatic carbocycles.